The van der Waals surface area contributed by atoms with Gasteiger partial charge in [0.05, 0.1) is 13.2 Å². The molecule has 0 bridgehead atoms. The van der Waals surface area contributed by atoms with Crippen molar-refractivity contribution in [3.05, 3.63) is 24.3 Å². The molecule has 0 aromatic heterocycles. The molecule has 0 saturated heterocycles. The lowest BCUT2D eigenvalue weighted by atomic mass is 10.2. The van der Waals surface area contributed by atoms with Gasteiger partial charge in [0.1, 0.15) is 25.4 Å². The van der Waals surface area contributed by atoms with Crippen molar-refractivity contribution in [2.75, 3.05) is 39.6 Å². The maximum atomic E-state index is 11.1. The van der Waals surface area contributed by atoms with E-state index in [0.29, 0.717) is 0 Å². The summed E-state index contributed by atoms with van der Waals surface area (Å²) in [6, 6.07) is 0. The number of unbranched alkanes of at least 4 members (excludes halogenated alkanes) is 3. The summed E-state index contributed by atoms with van der Waals surface area (Å²) < 4.78 is 14.5. The Morgan fingerprint density at radius 2 is 1.07 bits per heavy atom. The highest BCUT2D eigenvalue weighted by atomic mass is 16.6. The first-order valence-electron chi connectivity index (χ1n) is 9.46. The summed E-state index contributed by atoms with van der Waals surface area (Å²) in [5, 5.41) is 35.6. The summed E-state index contributed by atoms with van der Waals surface area (Å²) in [4.78, 5) is 22.1. The third-order valence-corrected chi connectivity index (χ3v) is 3.20. The fraction of sp³-hybridized carbons (Fsp3) is 0.700. The monoisotopic (exact) mass is 420 g/mol. The molecule has 0 spiro atoms. The summed E-state index contributed by atoms with van der Waals surface area (Å²) in [5.41, 5.74) is 0.468. The second-order valence-electron chi connectivity index (χ2n) is 6.46. The molecule has 0 amide bonds. The van der Waals surface area contributed by atoms with Gasteiger partial charge in [0.2, 0.25) is 0 Å². The van der Waals surface area contributed by atoms with Gasteiger partial charge >= 0.3 is 11.9 Å². The molecule has 0 aliphatic rings. The maximum absolute atomic E-state index is 11.1. The van der Waals surface area contributed by atoms with Crippen LogP contribution in [0.2, 0.25) is 0 Å². The van der Waals surface area contributed by atoms with Crippen LogP contribution in [0.5, 0.6) is 0 Å². The molecule has 2 unspecified atom stereocenters. The van der Waals surface area contributed by atoms with Crippen molar-refractivity contribution in [2.24, 2.45) is 0 Å². The highest BCUT2D eigenvalue weighted by Gasteiger charge is 2.13. The van der Waals surface area contributed by atoms with Gasteiger partial charge in [0.15, 0.2) is 0 Å². The first kappa shape index (κ1) is 29.4. The van der Waals surface area contributed by atoms with Crippen molar-refractivity contribution in [2.45, 2.75) is 51.7 Å². The molecule has 2 atom stereocenters. The largest absolute Gasteiger partial charge is 0.460 e. The Balaban J connectivity index is 0. The van der Waals surface area contributed by atoms with Gasteiger partial charge in [-0.05, 0) is 26.7 Å². The number of rotatable bonds is 15. The van der Waals surface area contributed by atoms with Gasteiger partial charge in [-0.2, -0.15) is 0 Å². The van der Waals surface area contributed by atoms with E-state index in [9.17, 15) is 19.8 Å². The molecule has 0 aliphatic carbocycles. The molecule has 0 aliphatic heterocycles. The van der Waals surface area contributed by atoms with Gasteiger partial charge in [0.25, 0.3) is 0 Å². The van der Waals surface area contributed by atoms with Crippen LogP contribution in [0.25, 0.3) is 0 Å². The number of aliphatic hydroxyl groups excluding tert-OH is 4. The van der Waals surface area contributed by atoms with Crippen LogP contribution in [0.15, 0.2) is 24.3 Å². The van der Waals surface area contributed by atoms with E-state index in [4.69, 9.17) is 24.4 Å². The predicted molar refractivity (Wildman–Crippen MR) is 107 cm³/mol. The second-order valence-corrected chi connectivity index (χ2v) is 6.46. The molecule has 0 rings (SSSR count). The number of hydrogen-bond donors (Lipinski definition) is 4. The lowest BCUT2D eigenvalue weighted by molar-refractivity contribution is -0.144. The van der Waals surface area contributed by atoms with Crippen LogP contribution < -0.4 is 0 Å². The number of hydrogen-bond acceptors (Lipinski definition) is 9. The second kappa shape index (κ2) is 19.5. The molecule has 9 heteroatoms. The van der Waals surface area contributed by atoms with E-state index in [1.807, 2.05) is 0 Å². The van der Waals surface area contributed by atoms with Crippen LogP contribution in [-0.4, -0.2) is 84.2 Å². The van der Waals surface area contributed by atoms with E-state index in [1.165, 1.54) is 13.8 Å². The van der Waals surface area contributed by atoms with E-state index in [-0.39, 0.29) is 50.8 Å². The van der Waals surface area contributed by atoms with Crippen LogP contribution >= 0.6 is 0 Å². The lowest BCUT2D eigenvalue weighted by Crippen LogP contribution is -2.28. The van der Waals surface area contributed by atoms with Crippen molar-refractivity contribution in [1.82, 2.24) is 0 Å². The molecular formula is C20H36O9. The van der Waals surface area contributed by atoms with Crippen LogP contribution in [0.4, 0.5) is 0 Å². The Morgan fingerprint density at radius 3 is 1.34 bits per heavy atom. The van der Waals surface area contributed by atoms with E-state index in [1.54, 1.807) is 0 Å². The minimum atomic E-state index is -1.02. The molecule has 0 saturated carbocycles. The lowest BCUT2D eigenvalue weighted by Gasteiger charge is -2.14. The number of ether oxygens (including phenoxy) is 3. The molecule has 170 valence electrons. The van der Waals surface area contributed by atoms with Gasteiger partial charge in [-0.15, -0.1) is 0 Å². The van der Waals surface area contributed by atoms with Crippen LogP contribution in [0.1, 0.15) is 39.5 Å². The van der Waals surface area contributed by atoms with Gasteiger partial charge in [-0.3, -0.25) is 0 Å². The molecule has 0 heterocycles. The Hall–Kier alpha value is -1.78. The van der Waals surface area contributed by atoms with E-state index in [2.05, 4.69) is 13.2 Å². The molecule has 0 aromatic carbocycles. The number of carbonyl (C=O) groups excluding carboxylic acids is 2. The fourth-order valence-corrected chi connectivity index (χ4v) is 1.60. The SMILES string of the molecule is C=C(C)C(=O)OCC(O)COCC(O)COC(=O)C(=C)C.OCCCCCCO. The van der Waals surface area contributed by atoms with Crippen molar-refractivity contribution >= 4 is 11.9 Å². The smallest absolute Gasteiger partial charge is 0.333 e. The Bertz CT molecular complexity index is 435. The minimum absolute atomic E-state index is 0.130. The molecule has 0 fully saturated rings. The standard InChI is InChI=1S/C14H22O7.C6H14O2/c1-9(2)13(17)20-7-11(15)5-19-6-12(16)8-21-14(18)10(3)4;7-5-3-1-2-4-6-8/h11-12,15-16H,1,3,5-8H2,2,4H3;7-8H,1-6H2. The third-order valence-electron chi connectivity index (χ3n) is 3.20. The topological polar surface area (TPSA) is 143 Å². The average Bonchev–Trinajstić information content (AvgIpc) is 2.67. The van der Waals surface area contributed by atoms with Gasteiger partial charge in [0, 0.05) is 24.4 Å². The van der Waals surface area contributed by atoms with Gasteiger partial charge < -0.3 is 34.6 Å². The summed E-state index contributed by atoms with van der Waals surface area (Å²) in [7, 11) is 0. The van der Waals surface area contributed by atoms with Crippen molar-refractivity contribution in [3.63, 3.8) is 0 Å². The Morgan fingerprint density at radius 1 is 0.724 bits per heavy atom. The molecule has 4 N–H and O–H groups in total. The van der Waals surface area contributed by atoms with Gasteiger partial charge in [-0.25, -0.2) is 9.59 Å². The fourth-order valence-electron chi connectivity index (χ4n) is 1.60. The number of carbonyl (C=O) groups is 2. The van der Waals surface area contributed by atoms with Crippen molar-refractivity contribution in [3.8, 4) is 0 Å². The zero-order valence-corrected chi connectivity index (χ0v) is 17.5. The van der Waals surface area contributed by atoms with E-state index < -0.39 is 24.1 Å². The Labute approximate surface area is 172 Å². The summed E-state index contributed by atoms with van der Waals surface area (Å²) in [6.45, 7) is 9.63. The molecule has 0 aromatic rings. The molecule has 0 radical (unpaired) electrons. The Kier molecular flexibility index (Phi) is 19.8. The summed E-state index contributed by atoms with van der Waals surface area (Å²) in [5.74, 6) is -1.19. The average molecular weight is 420 g/mol. The van der Waals surface area contributed by atoms with Crippen LogP contribution in [0, 0.1) is 0 Å². The first-order chi connectivity index (χ1) is 13.6. The molecule has 29 heavy (non-hydrogen) atoms. The molecule has 9 nitrogen and oxygen atoms in total. The number of esters is 2. The minimum Gasteiger partial charge on any atom is -0.460 e. The normalized spacial score (nSPS) is 12.2. The zero-order valence-electron chi connectivity index (χ0n) is 17.5. The van der Waals surface area contributed by atoms with Crippen LogP contribution in [-0.2, 0) is 23.8 Å². The number of aliphatic hydroxyl groups is 4. The zero-order chi connectivity index (χ0) is 22.7. The van der Waals surface area contributed by atoms with Gasteiger partial charge in [-0.1, -0.05) is 26.0 Å². The highest BCUT2D eigenvalue weighted by Crippen LogP contribution is 1.98. The first-order valence-corrected chi connectivity index (χ1v) is 9.46. The maximum Gasteiger partial charge on any atom is 0.333 e. The van der Waals surface area contributed by atoms with E-state index >= 15 is 0 Å². The summed E-state index contributed by atoms with van der Waals surface area (Å²) >= 11 is 0. The van der Waals surface area contributed by atoms with Crippen molar-refractivity contribution in [1.29, 1.82) is 0 Å². The highest BCUT2D eigenvalue weighted by molar-refractivity contribution is 5.87. The third kappa shape index (κ3) is 20.8. The predicted octanol–water partition coefficient (Wildman–Crippen LogP) is 0.495. The van der Waals surface area contributed by atoms with Crippen molar-refractivity contribution < 1.29 is 44.2 Å². The quantitative estimate of drug-likeness (QED) is 0.169. The van der Waals surface area contributed by atoms with Crippen LogP contribution in [0.3, 0.4) is 0 Å². The summed E-state index contributed by atoms with van der Waals surface area (Å²) in [6.07, 6.45) is 1.80. The molecular weight excluding hydrogens is 384 g/mol. The van der Waals surface area contributed by atoms with E-state index in [0.717, 1.165) is 25.7 Å².